The van der Waals surface area contributed by atoms with E-state index < -0.39 is 30.8 Å². The van der Waals surface area contributed by atoms with Crippen LogP contribution in [0.4, 0.5) is 4.79 Å². The standard InChI is InChI=1S/C26H38N2O8/c1-7-32-26(31)33-14-22-24(30)21(29)13-23(35-22)36-25-20(17(6)28(27-25)15(2)3)12-18-8-10-19(11-9-18)34-16(4)5/h8-11,15-16,21-24,29-30H,7,12-14H2,1-6H3/t21-,22-,23+,24+/m1/s1. The molecule has 1 aliphatic rings. The van der Waals surface area contributed by atoms with Crippen molar-refractivity contribution in [2.24, 2.45) is 0 Å². The van der Waals surface area contributed by atoms with Crippen LogP contribution in [0.3, 0.4) is 0 Å². The van der Waals surface area contributed by atoms with Crippen LogP contribution in [-0.2, 0) is 20.6 Å². The molecule has 2 heterocycles. The van der Waals surface area contributed by atoms with Crippen molar-refractivity contribution >= 4 is 6.16 Å². The van der Waals surface area contributed by atoms with E-state index in [1.807, 2.05) is 63.6 Å². The van der Waals surface area contributed by atoms with Crippen LogP contribution in [0.2, 0.25) is 0 Å². The molecule has 2 aromatic rings. The first-order chi connectivity index (χ1) is 17.1. The van der Waals surface area contributed by atoms with E-state index in [9.17, 15) is 15.0 Å². The minimum atomic E-state index is -1.24. The van der Waals surface area contributed by atoms with Crippen LogP contribution in [0.1, 0.15) is 63.9 Å². The fourth-order valence-electron chi connectivity index (χ4n) is 4.05. The first-order valence-corrected chi connectivity index (χ1v) is 12.4. The van der Waals surface area contributed by atoms with E-state index in [-0.39, 0.29) is 31.8 Å². The molecule has 1 saturated heterocycles. The lowest BCUT2D eigenvalue weighted by atomic mass is 10.0. The molecule has 1 aromatic carbocycles. The van der Waals surface area contributed by atoms with Gasteiger partial charge in [-0.15, -0.1) is 5.10 Å². The Bertz CT molecular complexity index is 989. The second kappa shape index (κ2) is 12.4. The molecule has 0 spiro atoms. The van der Waals surface area contributed by atoms with E-state index in [1.165, 1.54) is 0 Å². The number of rotatable bonds is 10. The molecular weight excluding hydrogens is 468 g/mol. The van der Waals surface area contributed by atoms with Crippen molar-refractivity contribution in [2.75, 3.05) is 13.2 Å². The smallest absolute Gasteiger partial charge is 0.491 e. The van der Waals surface area contributed by atoms with Crippen molar-refractivity contribution in [3.63, 3.8) is 0 Å². The Morgan fingerprint density at radius 3 is 2.47 bits per heavy atom. The molecule has 1 fully saturated rings. The summed E-state index contributed by atoms with van der Waals surface area (Å²) in [6.07, 6.45) is -4.40. The number of hydrogen-bond acceptors (Lipinski definition) is 9. The Morgan fingerprint density at radius 2 is 1.86 bits per heavy atom. The van der Waals surface area contributed by atoms with Crippen molar-refractivity contribution < 1.29 is 38.7 Å². The number of nitrogens with zero attached hydrogens (tertiary/aromatic N) is 2. The van der Waals surface area contributed by atoms with Crippen LogP contribution < -0.4 is 9.47 Å². The molecule has 1 aromatic heterocycles. The molecule has 0 saturated carbocycles. The highest BCUT2D eigenvalue weighted by Gasteiger charge is 2.39. The third-order valence-electron chi connectivity index (χ3n) is 5.81. The molecule has 2 N–H and O–H groups in total. The highest BCUT2D eigenvalue weighted by molar-refractivity contribution is 5.59. The largest absolute Gasteiger partial charge is 0.508 e. The maximum absolute atomic E-state index is 11.5. The minimum Gasteiger partial charge on any atom is -0.491 e. The van der Waals surface area contributed by atoms with Gasteiger partial charge >= 0.3 is 6.16 Å². The van der Waals surface area contributed by atoms with Gasteiger partial charge in [0.2, 0.25) is 12.2 Å². The van der Waals surface area contributed by atoms with Crippen LogP contribution in [0, 0.1) is 6.92 Å². The van der Waals surface area contributed by atoms with Gasteiger partial charge in [0.25, 0.3) is 0 Å². The van der Waals surface area contributed by atoms with Crippen LogP contribution in [-0.4, -0.2) is 70.1 Å². The van der Waals surface area contributed by atoms with Crippen molar-refractivity contribution in [1.82, 2.24) is 9.78 Å². The molecule has 1 aliphatic heterocycles. The molecular formula is C26H38N2O8. The van der Waals surface area contributed by atoms with E-state index in [2.05, 4.69) is 5.10 Å². The van der Waals surface area contributed by atoms with E-state index >= 15 is 0 Å². The number of aliphatic hydroxyl groups is 2. The number of carbonyl (C=O) groups excluding carboxylic acids is 1. The second-order valence-corrected chi connectivity index (χ2v) is 9.40. The lowest BCUT2D eigenvalue weighted by Gasteiger charge is -2.36. The molecule has 0 amide bonds. The summed E-state index contributed by atoms with van der Waals surface area (Å²) >= 11 is 0. The van der Waals surface area contributed by atoms with E-state index in [0.717, 1.165) is 22.6 Å². The third-order valence-corrected chi connectivity index (χ3v) is 5.81. The Kier molecular flexibility index (Phi) is 9.58. The highest BCUT2D eigenvalue weighted by Crippen LogP contribution is 2.31. The summed E-state index contributed by atoms with van der Waals surface area (Å²) in [5, 5.41) is 25.4. The number of ether oxygens (including phenoxy) is 5. The molecule has 0 radical (unpaired) electrons. The zero-order valence-electron chi connectivity index (χ0n) is 21.8. The first kappa shape index (κ1) is 27.8. The van der Waals surface area contributed by atoms with Crippen LogP contribution in [0.25, 0.3) is 0 Å². The topological polar surface area (TPSA) is 122 Å². The predicted octanol–water partition coefficient (Wildman–Crippen LogP) is 3.54. The Balaban J connectivity index is 1.77. The maximum atomic E-state index is 11.5. The van der Waals surface area contributed by atoms with Crippen LogP contribution >= 0.6 is 0 Å². The second-order valence-electron chi connectivity index (χ2n) is 9.40. The summed E-state index contributed by atoms with van der Waals surface area (Å²) in [6, 6.07) is 8.00. The summed E-state index contributed by atoms with van der Waals surface area (Å²) in [5.74, 6) is 1.20. The van der Waals surface area contributed by atoms with Gasteiger partial charge in [0.05, 0.1) is 18.8 Å². The summed E-state index contributed by atoms with van der Waals surface area (Å²) in [6.45, 7) is 11.6. The Labute approximate surface area is 212 Å². The molecule has 200 valence electrons. The number of carbonyl (C=O) groups is 1. The average molecular weight is 507 g/mol. The van der Waals surface area contributed by atoms with Crippen LogP contribution in [0.15, 0.2) is 24.3 Å². The number of aliphatic hydroxyl groups excluding tert-OH is 2. The fourth-order valence-corrected chi connectivity index (χ4v) is 4.05. The molecule has 0 bridgehead atoms. The van der Waals surface area contributed by atoms with Crippen LogP contribution in [0.5, 0.6) is 11.6 Å². The fraction of sp³-hybridized carbons (Fsp3) is 0.615. The van der Waals surface area contributed by atoms with Gasteiger partial charge in [0, 0.05) is 30.1 Å². The van der Waals surface area contributed by atoms with Crippen molar-refractivity contribution in [3.8, 4) is 11.6 Å². The summed E-state index contributed by atoms with van der Waals surface area (Å²) in [7, 11) is 0. The predicted molar refractivity (Wildman–Crippen MR) is 131 cm³/mol. The van der Waals surface area contributed by atoms with Gasteiger partial charge in [-0.2, -0.15) is 0 Å². The molecule has 10 heteroatoms. The average Bonchev–Trinajstić information content (AvgIpc) is 3.11. The zero-order valence-corrected chi connectivity index (χ0v) is 21.8. The Morgan fingerprint density at radius 1 is 1.17 bits per heavy atom. The maximum Gasteiger partial charge on any atom is 0.508 e. The molecule has 0 unspecified atom stereocenters. The number of aromatic nitrogens is 2. The van der Waals surface area contributed by atoms with Crippen molar-refractivity contribution in [1.29, 1.82) is 0 Å². The molecule has 36 heavy (non-hydrogen) atoms. The van der Waals surface area contributed by atoms with Gasteiger partial charge in [0.1, 0.15) is 24.6 Å². The summed E-state index contributed by atoms with van der Waals surface area (Å²) < 4.78 is 29.3. The summed E-state index contributed by atoms with van der Waals surface area (Å²) in [5.41, 5.74) is 2.91. The highest BCUT2D eigenvalue weighted by atomic mass is 16.7. The van der Waals surface area contributed by atoms with Gasteiger partial charge in [-0.25, -0.2) is 4.79 Å². The van der Waals surface area contributed by atoms with Gasteiger partial charge in [-0.05, 0) is 59.2 Å². The van der Waals surface area contributed by atoms with E-state index in [1.54, 1.807) is 6.92 Å². The number of benzene rings is 1. The molecule has 4 atom stereocenters. The van der Waals surface area contributed by atoms with Crippen molar-refractivity contribution in [2.45, 2.75) is 91.1 Å². The molecule has 0 aliphatic carbocycles. The minimum absolute atomic E-state index is 0.0331. The number of hydrogen-bond donors (Lipinski definition) is 2. The zero-order chi connectivity index (χ0) is 26.4. The van der Waals surface area contributed by atoms with Gasteiger partial charge < -0.3 is 33.9 Å². The van der Waals surface area contributed by atoms with Crippen molar-refractivity contribution in [3.05, 3.63) is 41.1 Å². The normalized spacial score (nSPS) is 22.1. The lowest BCUT2D eigenvalue weighted by molar-refractivity contribution is -0.231. The molecule has 3 rings (SSSR count). The monoisotopic (exact) mass is 506 g/mol. The molecule has 10 nitrogen and oxygen atoms in total. The van der Waals surface area contributed by atoms with E-state index in [4.69, 9.17) is 23.7 Å². The lowest BCUT2D eigenvalue weighted by Crippen LogP contribution is -2.52. The third kappa shape index (κ3) is 7.11. The Hall–Kier alpha value is -2.82. The van der Waals surface area contributed by atoms with Gasteiger partial charge in [-0.1, -0.05) is 12.1 Å². The van der Waals surface area contributed by atoms with Gasteiger partial charge in [0.15, 0.2) is 0 Å². The quantitative estimate of drug-likeness (QED) is 0.466. The SMILES string of the molecule is CCOC(=O)OC[C@H]1O[C@@H](Oc2nn(C(C)C)c(C)c2Cc2ccc(OC(C)C)cc2)C[C@@H](O)[C@@H]1O. The summed E-state index contributed by atoms with van der Waals surface area (Å²) in [4.78, 5) is 11.5. The van der Waals surface area contributed by atoms with E-state index in [0.29, 0.717) is 12.3 Å². The first-order valence-electron chi connectivity index (χ1n) is 12.4. The van der Waals surface area contributed by atoms with Gasteiger partial charge in [-0.3, -0.25) is 4.68 Å².